The van der Waals surface area contributed by atoms with Crippen molar-refractivity contribution in [1.29, 1.82) is 0 Å². The van der Waals surface area contributed by atoms with E-state index in [0.29, 0.717) is 16.5 Å². The SMILES string of the molecule is COc1ccc(NS(=O)(=O)c2cc(NC(=O)c3c(Cl)c4ccccc4n3C)ccc2OC)cc1. The van der Waals surface area contributed by atoms with E-state index in [2.05, 4.69) is 10.0 Å². The summed E-state index contributed by atoms with van der Waals surface area (Å²) in [6, 6.07) is 18.2. The number of ether oxygens (including phenoxy) is 2. The van der Waals surface area contributed by atoms with Crippen molar-refractivity contribution >= 4 is 49.8 Å². The average Bonchev–Trinajstić information content (AvgIpc) is 3.09. The molecular weight excluding hydrogens is 478 g/mol. The van der Waals surface area contributed by atoms with Crippen LogP contribution in [0.3, 0.4) is 0 Å². The van der Waals surface area contributed by atoms with Gasteiger partial charge in [-0.1, -0.05) is 29.8 Å². The Labute approximate surface area is 202 Å². The van der Waals surface area contributed by atoms with Crippen molar-refractivity contribution in [2.75, 3.05) is 24.3 Å². The monoisotopic (exact) mass is 499 g/mol. The number of hydrogen-bond donors (Lipinski definition) is 2. The lowest BCUT2D eigenvalue weighted by Crippen LogP contribution is -2.18. The molecule has 8 nitrogen and oxygen atoms in total. The molecule has 0 atom stereocenters. The van der Waals surface area contributed by atoms with E-state index in [1.807, 2.05) is 24.3 Å². The first-order chi connectivity index (χ1) is 16.2. The Morgan fingerprint density at radius 3 is 2.26 bits per heavy atom. The molecule has 0 unspecified atom stereocenters. The largest absolute Gasteiger partial charge is 0.497 e. The maximum absolute atomic E-state index is 13.1. The van der Waals surface area contributed by atoms with Gasteiger partial charge in [-0.2, -0.15) is 0 Å². The lowest BCUT2D eigenvalue weighted by atomic mass is 10.2. The first kappa shape index (κ1) is 23.5. The minimum Gasteiger partial charge on any atom is -0.497 e. The molecule has 0 saturated carbocycles. The Kier molecular flexibility index (Phi) is 6.41. The highest BCUT2D eigenvalue weighted by Crippen LogP contribution is 2.32. The van der Waals surface area contributed by atoms with Crippen LogP contribution in [-0.2, 0) is 17.1 Å². The number of carbonyl (C=O) groups is 1. The van der Waals surface area contributed by atoms with Crippen LogP contribution >= 0.6 is 11.6 Å². The summed E-state index contributed by atoms with van der Waals surface area (Å²) < 4.78 is 40.8. The average molecular weight is 500 g/mol. The smallest absolute Gasteiger partial charge is 0.273 e. The fourth-order valence-electron chi connectivity index (χ4n) is 3.62. The molecule has 0 bridgehead atoms. The molecule has 1 aromatic heterocycles. The van der Waals surface area contributed by atoms with Crippen LogP contribution < -0.4 is 19.5 Å². The Balaban J connectivity index is 1.65. The molecule has 0 radical (unpaired) electrons. The van der Waals surface area contributed by atoms with Crippen LogP contribution in [0, 0.1) is 0 Å². The zero-order chi connectivity index (χ0) is 24.5. The predicted octanol–water partition coefficient (Wildman–Crippen LogP) is 4.90. The second-order valence-electron chi connectivity index (χ2n) is 7.39. The first-order valence-corrected chi connectivity index (χ1v) is 12.0. The van der Waals surface area contributed by atoms with Crippen molar-refractivity contribution in [2.24, 2.45) is 7.05 Å². The van der Waals surface area contributed by atoms with Gasteiger partial charge in [0.25, 0.3) is 15.9 Å². The highest BCUT2D eigenvalue weighted by atomic mass is 35.5. The lowest BCUT2D eigenvalue weighted by molar-refractivity contribution is 0.102. The summed E-state index contributed by atoms with van der Waals surface area (Å²) in [6.45, 7) is 0. The Morgan fingerprint density at radius 2 is 1.62 bits per heavy atom. The quantitative estimate of drug-likeness (QED) is 0.377. The lowest BCUT2D eigenvalue weighted by Gasteiger charge is -2.14. The number of sulfonamides is 1. The second-order valence-corrected chi connectivity index (χ2v) is 9.42. The molecule has 2 N–H and O–H groups in total. The van der Waals surface area contributed by atoms with Gasteiger partial charge in [0.05, 0.1) is 19.2 Å². The van der Waals surface area contributed by atoms with Crippen LogP contribution in [0.4, 0.5) is 11.4 Å². The highest BCUT2D eigenvalue weighted by Gasteiger charge is 2.23. The third-order valence-corrected chi connectivity index (χ3v) is 7.10. The van der Waals surface area contributed by atoms with Crippen LogP contribution in [0.25, 0.3) is 10.9 Å². The Morgan fingerprint density at radius 1 is 0.941 bits per heavy atom. The number of carbonyl (C=O) groups excluding carboxylic acids is 1. The van der Waals surface area contributed by atoms with Crippen LogP contribution in [0.2, 0.25) is 5.02 Å². The topological polar surface area (TPSA) is 98.7 Å². The van der Waals surface area contributed by atoms with Crippen LogP contribution in [-0.4, -0.2) is 33.1 Å². The number of halogens is 1. The van der Waals surface area contributed by atoms with Crippen LogP contribution in [0.1, 0.15) is 10.5 Å². The molecule has 0 saturated heterocycles. The molecule has 0 aliphatic rings. The van der Waals surface area contributed by atoms with Gasteiger partial charge >= 0.3 is 0 Å². The van der Waals surface area contributed by atoms with Gasteiger partial charge in [-0.15, -0.1) is 0 Å². The number of aryl methyl sites for hydroxylation is 1. The zero-order valence-corrected chi connectivity index (χ0v) is 20.2. The number of methoxy groups -OCH3 is 2. The number of fused-ring (bicyclic) bond motifs is 1. The summed E-state index contributed by atoms with van der Waals surface area (Å²) in [4.78, 5) is 12.9. The number of aromatic nitrogens is 1. The molecule has 3 aromatic carbocycles. The number of para-hydroxylation sites is 1. The van der Waals surface area contributed by atoms with E-state index in [4.69, 9.17) is 21.1 Å². The third kappa shape index (κ3) is 4.40. The highest BCUT2D eigenvalue weighted by molar-refractivity contribution is 7.92. The van der Waals surface area contributed by atoms with Gasteiger partial charge in [-0.3, -0.25) is 9.52 Å². The van der Waals surface area contributed by atoms with E-state index in [0.717, 1.165) is 10.9 Å². The van der Waals surface area contributed by atoms with Crippen molar-refractivity contribution in [1.82, 2.24) is 4.57 Å². The molecule has 1 heterocycles. The van der Waals surface area contributed by atoms with Crippen molar-refractivity contribution < 1.29 is 22.7 Å². The van der Waals surface area contributed by atoms with Crippen molar-refractivity contribution in [3.05, 3.63) is 77.4 Å². The summed E-state index contributed by atoms with van der Waals surface area (Å²) in [5, 5.41) is 3.80. The maximum atomic E-state index is 13.1. The Bertz CT molecular complexity index is 1440. The van der Waals surface area contributed by atoms with Crippen molar-refractivity contribution in [3.63, 3.8) is 0 Å². The molecule has 10 heteroatoms. The van der Waals surface area contributed by atoms with Gasteiger partial charge in [-0.25, -0.2) is 8.42 Å². The van der Waals surface area contributed by atoms with E-state index in [9.17, 15) is 13.2 Å². The van der Waals surface area contributed by atoms with E-state index in [-0.39, 0.29) is 22.0 Å². The van der Waals surface area contributed by atoms with Gasteiger partial charge < -0.3 is 19.4 Å². The number of rotatable bonds is 7. The third-order valence-electron chi connectivity index (χ3n) is 5.31. The van der Waals surface area contributed by atoms with E-state index in [1.54, 1.807) is 41.9 Å². The number of benzene rings is 3. The molecule has 0 spiro atoms. The summed E-state index contributed by atoms with van der Waals surface area (Å²) in [5.41, 5.74) is 1.68. The predicted molar refractivity (Wildman–Crippen MR) is 133 cm³/mol. The molecule has 4 rings (SSSR count). The van der Waals surface area contributed by atoms with Gasteiger partial charge in [0.2, 0.25) is 0 Å². The molecule has 0 aliphatic heterocycles. The van der Waals surface area contributed by atoms with Gasteiger partial charge in [0.15, 0.2) is 0 Å². The van der Waals surface area contributed by atoms with Crippen molar-refractivity contribution in [3.8, 4) is 11.5 Å². The van der Waals surface area contributed by atoms with Crippen LogP contribution in [0.15, 0.2) is 71.6 Å². The molecule has 0 aliphatic carbocycles. The van der Waals surface area contributed by atoms with Crippen LogP contribution in [0.5, 0.6) is 11.5 Å². The van der Waals surface area contributed by atoms with Gasteiger partial charge in [0.1, 0.15) is 22.1 Å². The van der Waals surface area contributed by atoms with Gasteiger partial charge in [0, 0.05) is 29.3 Å². The summed E-state index contributed by atoms with van der Waals surface area (Å²) >= 11 is 6.47. The number of nitrogens with one attached hydrogen (secondary N) is 2. The normalized spacial score (nSPS) is 11.3. The number of amides is 1. The summed E-state index contributed by atoms with van der Waals surface area (Å²) in [5.74, 6) is 0.249. The molecular formula is C24H22ClN3O5S. The van der Waals surface area contributed by atoms with Gasteiger partial charge in [-0.05, 0) is 48.5 Å². The standard InChI is InChI=1S/C24H22ClN3O5S/c1-28-19-7-5-4-6-18(19)22(25)23(28)24(29)26-16-10-13-20(33-3)21(14-16)34(30,31)27-15-8-11-17(32-2)12-9-15/h4-14,27H,1-3H3,(H,26,29). The number of nitrogens with zero attached hydrogens (tertiary/aromatic N) is 1. The fraction of sp³-hybridized carbons (Fsp3) is 0.125. The zero-order valence-electron chi connectivity index (χ0n) is 18.6. The molecule has 176 valence electrons. The molecule has 1 amide bonds. The number of anilines is 2. The summed E-state index contributed by atoms with van der Waals surface area (Å²) in [6.07, 6.45) is 0. The molecule has 0 fully saturated rings. The minimum absolute atomic E-state index is 0.127. The fourth-order valence-corrected chi connectivity index (χ4v) is 5.25. The number of hydrogen-bond acceptors (Lipinski definition) is 5. The molecule has 34 heavy (non-hydrogen) atoms. The summed E-state index contributed by atoms with van der Waals surface area (Å²) in [7, 11) is 0.601. The van der Waals surface area contributed by atoms with E-state index in [1.165, 1.54) is 26.4 Å². The first-order valence-electron chi connectivity index (χ1n) is 10.1. The van der Waals surface area contributed by atoms with E-state index >= 15 is 0 Å². The van der Waals surface area contributed by atoms with E-state index < -0.39 is 15.9 Å². The minimum atomic E-state index is -4.03. The van der Waals surface area contributed by atoms with Crippen molar-refractivity contribution in [2.45, 2.75) is 4.90 Å². The maximum Gasteiger partial charge on any atom is 0.273 e. The molecule has 4 aromatic rings. The Hall–Kier alpha value is -3.69. The second kappa shape index (κ2) is 9.28.